The molecular formula is C11H19NO2. The number of carbonyl (C=O) groups excluding carboxylic acids is 2. The number of imide groups is 1. The molecule has 1 unspecified atom stereocenters. The summed E-state index contributed by atoms with van der Waals surface area (Å²) in [5.41, 5.74) is -0.778. The zero-order valence-electron chi connectivity index (χ0n) is 9.68. The maximum Gasteiger partial charge on any atom is 0.234 e. The molecule has 0 saturated carbocycles. The molecule has 14 heavy (non-hydrogen) atoms. The Morgan fingerprint density at radius 2 is 1.71 bits per heavy atom. The zero-order chi connectivity index (χ0) is 11.1. The van der Waals surface area contributed by atoms with Gasteiger partial charge in [-0.15, -0.1) is 0 Å². The van der Waals surface area contributed by atoms with Crippen LogP contribution in [-0.4, -0.2) is 23.8 Å². The molecule has 0 aliphatic carbocycles. The predicted molar refractivity (Wildman–Crippen MR) is 54.6 cm³/mol. The molecule has 1 saturated heterocycles. The van der Waals surface area contributed by atoms with Crippen LogP contribution < -0.4 is 0 Å². The monoisotopic (exact) mass is 197 g/mol. The number of amides is 2. The van der Waals surface area contributed by atoms with Crippen LogP contribution in [0.5, 0.6) is 0 Å². The van der Waals surface area contributed by atoms with Crippen molar-refractivity contribution in [3.63, 3.8) is 0 Å². The molecule has 1 atom stereocenters. The van der Waals surface area contributed by atoms with Gasteiger partial charge in [0, 0.05) is 17.9 Å². The van der Waals surface area contributed by atoms with E-state index >= 15 is 0 Å². The van der Waals surface area contributed by atoms with Crippen LogP contribution in [0.25, 0.3) is 0 Å². The Bertz CT molecular complexity index is 283. The predicted octanol–water partition coefficient (Wildman–Crippen LogP) is 1.82. The molecule has 1 heterocycles. The second kappa shape index (κ2) is 3.07. The van der Waals surface area contributed by atoms with E-state index in [0.29, 0.717) is 6.42 Å². The Labute approximate surface area is 85.5 Å². The molecule has 0 radical (unpaired) electrons. The number of hydrogen-bond acceptors (Lipinski definition) is 2. The van der Waals surface area contributed by atoms with Crippen LogP contribution >= 0.6 is 0 Å². The minimum Gasteiger partial charge on any atom is -0.285 e. The smallest absolute Gasteiger partial charge is 0.234 e. The van der Waals surface area contributed by atoms with E-state index in [9.17, 15) is 9.59 Å². The van der Waals surface area contributed by atoms with Crippen LogP contribution in [0.3, 0.4) is 0 Å². The van der Waals surface area contributed by atoms with Crippen molar-refractivity contribution in [2.24, 2.45) is 10.8 Å². The molecule has 0 aromatic rings. The molecule has 0 spiro atoms. The Morgan fingerprint density at radius 1 is 1.21 bits per heavy atom. The topological polar surface area (TPSA) is 37.4 Å². The van der Waals surface area contributed by atoms with Gasteiger partial charge < -0.3 is 0 Å². The largest absolute Gasteiger partial charge is 0.285 e. The molecule has 1 fully saturated rings. The van der Waals surface area contributed by atoms with Gasteiger partial charge in [-0.25, -0.2) is 0 Å². The minimum absolute atomic E-state index is 0.0377. The number of piperidine rings is 1. The van der Waals surface area contributed by atoms with Gasteiger partial charge in [0.2, 0.25) is 11.8 Å². The van der Waals surface area contributed by atoms with Crippen LogP contribution in [0, 0.1) is 10.8 Å². The second-order valence-corrected chi connectivity index (χ2v) is 5.14. The van der Waals surface area contributed by atoms with E-state index < -0.39 is 5.41 Å². The summed E-state index contributed by atoms with van der Waals surface area (Å²) >= 11 is 0. The molecule has 0 N–H and O–H groups in total. The highest BCUT2D eigenvalue weighted by Crippen LogP contribution is 2.43. The molecule has 1 rings (SSSR count). The van der Waals surface area contributed by atoms with E-state index in [1.54, 1.807) is 7.05 Å². The number of likely N-dealkylation sites (tertiary alicyclic amines) is 1. The SMILES string of the molecule is CCC1(C)CC(C)(C)C(=O)N(C)C1=O. The van der Waals surface area contributed by atoms with E-state index in [4.69, 9.17) is 0 Å². The summed E-state index contributed by atoms with van der Waals surface area (Å²) in [5.74, 6) is -0.0993. The highest BCUT2D eigenvalue weighted by Gasteiger charge is 2.49. The maximum atomic E-state index is 11.9. The molecule has 0 bridgehead atoms. The Morgan fingerprint density at radius 3 is 2.14 bits per heavy atom. The average molecular weight is 197 g/mol. The van der Waals surface area contributed by atoms with Crippen molar-refractivity contribution in [2.45, 2.75) is 40.5 Å². The fourth-order valence-electron chi connectivity index (χ4n) is 2.35. The number of carbonyl (C=O) groups is 2. The Balaban J connectivity index is 3.09. The van der Waals surface area contributed by atoms with Crippen molar-refractivity contribution < 1.29 is 9.59 Å². The first kappa shape index (κ1) is 11.2. The van der Waals surface area contributed by atoms with Gasteiger partial charge in [0.25, 0.3) is 0 Å². The molecule has 3 nitrogen and oxygen atoms in total. The third-order valence-corrected chi connectivity index (χ3v) is 3.32. The molecule has 0 aromatic heterocycles. The quantitative estimate of drug-likeness (QED) is 0.601. The molecular weight excluding hydrogens is 178 g/mol. The van der Waals surface area contributed by atoms with Gasteiger partial charge in [0.05, 0.1) is 0 Å². The van der Waals surface area contributed by atoms with Gasteiger partial charge in [0.15, 0.2) is 0 Å². The number of rotatable bonds is 1. The molecule has 80 valence electrons. The second-order valence-electron chi connectivity index (χ2n) is 5.14. The van der Waals surface area contributed by atoms with Crippen LogP contribution in [0.15, 0.2) is 0 Å². The summed E-state index contributed by atoms with van der Waals surface area (Å²) in [6.45, 7) is 7.76. The van der Waals surface area contributed by atoms with Gasteiger partial charge in [-0.3, -0.25) is 14.5 Å². The van der Waals surface area contributed by atoms with Crippen molar-refractivity contribution in [3.05, 3.63) is 0 Å². The lowest BCUT2D eigenvalue weighted by atomic mass is 9.68. The fraction of sp³-hybridized carbons (Fsp3) is 0.818. The van der Waals surface area contributed by atoms with Crippen molar-refractivity contribution in [1.82, 2.24) is 4.90 Å². The number of hydrogen-bond donors (Lipinski definition) is 0. The standard InChI is InChI=1S/C11H19NO2/c1-6-11(4)7-10(2,3)8(13)12(5)9(11)14/h6-7H2,1-5H3. The van der Waals surface area contributed by atoms with E-state index in [0.717, 1.165) is 6.42 Å². The van der Waals surface area contributed by atoms with Crippen molar-refractivity contribution >= 4 is 11.8 Å². The maximum absolute atomic E-state index is 11.9. The van der Waals surface area contributed by atoms with Crippen molar-refractivity contribution in [1.29, 1.82) is 0 Å². The summed E-state index contributed by atoms with van der Waals surface area (Å²) in [6.07, 6.45) is 1.44. The first-order chi connectivity index (χ1) is 6.24. The van der Waals surface area contributed by atoms with Crippen LogP contribution in [0.4, 0.5) is 0 Å². The van der Waals surface area contributed by atoms with Gasteiger partial charge >= 0.3 is 0 Å². The highest BCUT2D eigenvalue weighted by atomic mass is 16.2. The lowest BCUT2D eigenvalue weighted by Crippen LogP contribution is -2.55. The summed E-state index contributed by atoms with van der Waals surface area (Å²) < 4.78 is 0. The first-order valence-corrected chi connectivity index (χ1v) is 5.07. The first-order valence-electron chi connectivity index (χ1n) is 5.07. The number of nitrogens with zero attached hydrogens (tertiary/aromatic N) is 1. The molecule has 0 aromatic carbocycles. The normalized spacial score (nSPS) is 32.2. The average Bonchev–Trinajstić information content (AvgIpc) is 2.11. The van der Waals surface area contributed by atoms with Gasteiger partial charge in [-0.2, -0.15) is 0 Å². The van der Waals surface area contributed by atoms with Gasteiger partial charge in [-0.05, 0) is 12.8 Å². The summed E-state index contributed by atoms with van der Waals surface area (Å²) in [5, 5.41) is 0. The van der Waals surface area contributed by atoms with Crippen molar-refractivity contribution in [3.8, 4) is 0 Å². The van der Waals surface area contributed by atoms with E-state index in [-0.39, 0.29) is 17.2 Å². The van der Waals surface area contributed by atoms with E-state index in [2.05, 4.69) is 0 Å². The van der Waals surface area contributed by atoms with E-state index in [1.807, 2.05) is 27.7 Å². The van der Waals surface area contributed by atoms with Crippen LogP contribution in [0.2, 0.25) is 0 Å². The van der Waals surface area contributed by atoms with Gasteiger partial charge in [0.1, 0.15) is 0 Å². The third-order valence-electron chi connectivity index (χ3n) is 3.32. The lowest BCUT2D eigenvalue weighted by molar-refractivity contribution is -0.164. The van der Waals surface area contributed by atoms with Crippen molar-refractivity contribution in [2.75, 3.05) is 7.05 Å². The molecule has 1 aliphatic heterocycles. The third kappa shape index (κ3) is 1.45. The zero-order valence-corrected chi connectivity index (χ0v) is 9.68. The van der Waals surface area contributed by atoms with Crippen LogP contribution in [-0.2, 0) is 9.59 Å². The minimum atomic E-state index is -0.409. The summed E-state index contributed by atoms with van der Waals surface area (Å²) in [4.78, 5) is 24.9. The molecule has 3 heteroatoms. The van der Waals surface area contributed by atoms with Gasteiger partial charge in [-0.1, -0.05) is 27.7 Å². The summed E-state index contributed by atoms with van der Waals surface area (Å²) in [6, 6.07) is 0. The Kier molecular flexibility index (Phi) is 2.46. The fourth-order valence-corrected chi connectivity index (χ4v) is 2.35. The van der Waals surface area contributed by atoms with E-state index in [1.165, 1.54) is 4.90 Å². The van der Waals surface area contributed by atoms with Crippen LogP contribution in [0.1, 0.15) is 40.5 Å². The Hall–Kier alpha value is -0.860. The lowest BCUT2D eigenvalue weighted by Gasteiger charge is -2.44. The molecule has 2 amide bonds. The molecule has 1 aliphatic rings. The summed E-state index contributed by atoms with van der Waals surface area (Å²) in [7, 11) is 1.58. The highest BCUT2D eigenvalue weighted by molar-refractivity contribution is 6.02.